The van der Waals surface area contributed by atoms with Crippen LogP contribution < -0.4 is 4.89 Å². The first-order chi connectivity index (χ1) is 8.24. The number of benzene rings is 1. The van der Waals surface area contributed by atoms with E-state index in [-0.39, 0.29) is 24.7 Å². The highest BCUT2D eigenvalue weighted by Gasteiger charge is 2.25. The molecule has 0 saturated carbocycles. The van der Waals surface area contributed by atoms with Crippen LogP contribution in [0.25, 0.3) is 0 Å². The molecule has 1 rings (SSSR count). The Bertz CT molecular complexity index is 508. The molecule has 0 aliphatic heterocycles. The molecule has 0 heterocycles. The topological polar surface area (TPSA) is 55.4 Å². The Balaban J connectivity index is 2.99. The van der Waals surface area contributed by atoms with Crippen LogP contribution in [0.3, 0.4) is 0 Å². The first kappa shape index (κ1) is 14.9. The van der Waals surface area contributed by atoms with Crippen LogP contribution in [0, 0.1) is 23.4 Å². The van der Waals surface area contributed by atoms with Crippen molar-refractivity contribution in [2.45, 2.75) is 18.7 Å². The van der Waals surface area contributed by atoms with Gasteiger partial charge in [0.2, 0.25) is 0 Å². The molecule has 0 fully saturated rings. The summed E-state index contributed by atoms with van der Waals surface area (Å²) in [6.45, 7) is 3.55. The number of halogens is 3. The zero-order chi connectivity index (χ0) is 13.9. The minimum absolute atomic E-state index is 0.0237. The van der Waals surface area contributed by atoms with Crippen LogP contribution >= 0.6 is 0 Å². The Hall–Kier alpha value is -1.12. The highest BCUT2D eigenvalue weighted by molar-refractivity contribution is 7.89. The van der Waals surface area contributed by atoms with Gasteiger partial charge < -0.3 is 0 Å². The molecule has 1 aromatic carbocycles. The summed E-state index contributed by atoms with van der Waals surface area (Å²) in [4.78, 5) is 4.90. The van der Waals surface area contributed by atoms with Crippen molar-refractivity contribution in [3.63, 3.8) is 0 Å². The van der Waals surface area contributed by atoms with E-state index in [2.05, 4.69) is 4.84 Å². The number of nitrogens with one attached hydrogen (secondary N) is 1. The third kappa shape index (κ3) is 3.69. The molecule has 0 aliphatic carbocycles. The van der Waals surface area contributed by atoms with E-state index in [1.165, 1.54) is 0 Å². The van der Waals surface area contributed by atoms with E-state index in [9.17, 15) is 21.6 Å². The average Bonchev–Trinajstić information content (AvgIpc) is 2.13. The molecule has 0 aliphatic rings. The monoisotopic (exact) mass is 283 g/mol. The van der Waals surface area contributed by atoms with Crippen molar-refractivity contribution in [1.29, 1.82) is 0 Å². The Morgan fingerprint density at radius 3 is 2.17 bits per heavy atom. The van der Waals surface area contributed by atoms with Crippen molar-refractivity contribution >= 4 is 10.0 Å². The molecule has 1 aromatic rings. The second-order valence-corrected chi connectivity index (χ2v) is 5.57. The minimum Gasteiger partial charge on any atom is -0.287 e. The van der Waals surface area contributed by atoms with E-state index >= 15 is 0 Å². The van der Waals surface area contributed by atoms with Crippen molar-refractivity contribution < 1.29 is 26.4 Å². The molecule has 0 atom stereocenters. The molecule has 8 heteroatoms. The lowest BCUT2D eigenvalue weighted by Gasteiger charge is -2.10. The van der Waals surface area contributed by atoms with Crippen LogP contribution in [0.1, 0.15) is 13.8 Å². The summed E-state index contributed by atoms with van der Waals surface area (Å²) in [7, 11) is -4.52. The van der Waals surface area contributed by atoms with E-state index in [1.54, 1.807) is 18.7 Å². The zero-order valence-corrected chi connectivity index (χ0v) is 10.5. The predicted octanol–water partition coefficient (Wildman–Crippen LogP) is 1.97. The summed E-state index contributed by atoms with van der Waals surface area (Å²) in [5.74, 6) is -4.22. The molecule has 102 valence electrons. The van der Waals surface area contributed by atoms with Gasteiger partial charge in [0.15, 0.2) is 4.90 Å². The summed E-state index contributed by atoms with van der Waals surface area (Å²) < 4.78 is 62.2. The van der Waals surface area contributed by atoms with E-state index in [0.717, 1.165) is 0 Å². The third-order valence-corrected chi connectivity index (χ3v) is 3.08. The maximum atomic E-state index is 13.2. The third-order valence-electron chi connectivity index (χ3n) is 1.82. The van der Waals surface area contributed by atoms with Gasteiger partial charge in [-0.25, -0.2) is 21.6 Å². The van der Waals surface area contributed by atoms with Crippen LogP contribution in [0.15, 0.2) is 17.0 Å². The Labute approximate surface area is 103 Å². The standard InChI is InChI=1S/C10H12F3NO3S/c1-6(2)5-17-14-18(15,16)10-8(12)3-7(11)4-9(10)13/h3-4,6,14H,5H2,1-2H3. The Kier molecular flexibility index (Phi) is 4.71. The molecule has 0 spiro atoms. The molecule has 4 nitrogen and oxygen atoms in total. The van der Waals surface area contributed by atoms with Crippen molar-refractivity contribution in [2.75, 3.05) is 6.61 Å². The summed E-state index contributed by atoms with van der Waals surface area (Å²) in [5.41, 5.74) is 0. The molecule has 0 saturated heterocycles. The van der Waals surface area contributed by atoms with Gasteiger partial charge in [-0.05, 0) is 5.92 Å². The SMILES string of the molecule is CC(C)CONS(=O)(=O)c1c(F)cc(F)cc1F. The molecular weight excluding hydrogens is 271 g/mol. The van der Waals surface area contributed by atoms with Crippen molar-refractivity contribution in [3.05, 3.63) is 29.6 Å². The Morgan fingerprint density at radius 1 is 1.22 bits per heavy atom. The normalized spacial score (nSPS) is 12.1. The first-order valence-corrected chi connectivity index (χ1v) is 6.50. The molecule has 0 amide bonds. The van der Waals surface area contributed by atoms with Gasteiger partial charge in [0.1, 0.15) is 17.5 Å². The number of sulfonamides is 1. The molecule has 0 aromatic heterocycles. The quantitative estimate of drug-likeness (QED) is 0.841. The molecular formula is C10H12F3NO3S. The lowest BCUT2D eigenvalue weighted by Crippen LogP contribution is -2.27. The molecule has 18 heavy (non-hydrogen) atoms. The maximum Gasteiger partial charge on any atom is 0.268 e. The molecule has 0 bridgehead atoms. The average molecular weight is 283 g/mol. The second kappa shape index (κ2) is 5.68. The lowest BCUT2D eigenvalue weighted by atomic mass is 10.2. The zero-order valence-electron chi connectivity index (χ0n) is 9.71. The minimum atomic E-state index is -4.52. The van der Waals surface area contributed by atoms with Crippen molar-refractivity contribution in [2.24, 2.45) is 5.92 Å². The van der Waals surface area contributed by atoms with Gasteiger partial charge in [0, 0.05) is 12.1 Å². The van der Waals surface area contributed by atoms with Crippen LogP contribution in [-0.2, 0) is 14.9 Å². The number of hydrogen-bond donors (Lipinski definition) is 1. The first-order valence-electron chi connectivity index (χ1n) is 5.02. The number of rotatable bonds is 5. The van der Waals surface area contributed by atoms with Crippen LogP contribution in [0.5, 0.6) is 0 Å². The van der Waals surface area contributed by atoms with Gasteiger partial charge in [0.05, 0.1) is 6.61 Å². The number of hydrogen-bond acceptors (Lipinski definition) is 3. The smallest absolute Gasteiger partial charge is 0.268 e. The van der Waals surface area contributed by atoms with Crippen LogP contribution in [-0.4, -0.2) is 15.0 Å². The predicted molar refractivity (Wildman–Crippen MR) is 57.4 cm³/mol. The summed E-state index contributed by atoms with van der Waals surface area (Å²) in [6, 6.07) is 0.556. The van der Waals surface area contributed by atoms with Crippen molar-refractivity contribution in [3.8, 4) is 0 Å². The van der Waals surface area contributed by atoms with Gasteiger partial charge in [-0.15, -0.1) is 0 Å². The maximum absolute atomic E-state index is 13.2. The fourth-order valence-electron chi connectivity index (χ4n) is 1.11. The van der Waals surface area contributed by atoms with Gasteiger partial charge in [0.25, 0.3) is 10.0 Å². The second-order valence-electron chi connectivity index (χ2n) is 3.99. The van der Waals surface area contributed by atoms with Gasteiger partial charge in [-0.3, -0.25) is 4.84 Å². The van der Waals surface area contributed by atoms with Crippen molar-refractivity contribution in [1.82, 2.24) is 4.89 Å². The highest BCUT2D eigenvalue weighted by Crippen LogP contribution is 2.19. The Morgan fingerprint density at radius 2 is 1.72 bits per heavy atom. The highest BCUT2D eigenvalue weighted by atomic mass is 32.2. The largest absolute Gasteiger partial charge is 0.287 e. The lowest BCUT2D eigenvalue weighted by molar-refractivity contribution is 0.0715. The van der Waals surface area contributed by atoms with Crippen LogP contribution in [0.4, 0.5) is 13.2 Å². The van der Waals surface area contributed by atoms with E-state index < -0.39 is 32.4 Å². The fraction of sp³-hybridized carbons (Fsp3) is 0.400. The summed E-state index contributed by atoms with van der Waals surface area (Å²) in [6.07, 6.45) is 0. The summed E-state index contributed by atoms with van der Waals surface area (Å²) >= 11 is 0. The van der Waals surface area contributed by atoms with E-state index in [1.807, 2.05) is 0 Å². The molecule has 0 radical (unpaired) electrons. The van der Waals surface area contributed by atoms with E-state index in [0.29, 0.717) is 0 Å². The summed E-state index contributed by atoms with van der Waals surface area (Å²) in [5, 5.41) is 0. The molecule has 1 N–H and O–H groups in total. The van der Waals surface area contributed by atoms with Gasteiger partial charge in [-0.1, -0.05) is 18.7 Å². The van der Waals surface area contributed by atoms with Gasteiger partial charge in [-0.2, -0.15) is 0 Å². The van der Waals surface area contributed by atoms with Crippen LogP contribution in [0.2, 0.25) is 0 Å². The molecule has 0 unspecified atom stereocenters. The van der Waals surface area contributed by atoms with E-state index in [4.69, 9.17) is 0 Å². The van der Waals surface area contributed by atoms with Gasteiger partial charge >= 0.3 is 0 Å². The fourth-order valence-corrected chi connectivity index (χ4v) is 2.04.